The Morgan fingerprint density at radius 1 is 1.21 bits per heavy atom. The van der Waals surface area contributed by atoms with Gasteiger partial charge in [-0.05, 0) is 44.0 Å². The highest BCUT2D eigenvalue weighted by Crippen LogP contribution is 2.30. The van der Waals surface area contributed by atoms with Crippen molar-refractivity contribution in [3.63, 3.8) is 0 Å². The molecule has 0 bridgehead atoms. The first-order valence-electron chi connectivity index (χ1n) is 7.80. The van der Waals surface area contributed by atoms with Crippen LogP contribution < -0.4 is 0 Å². The Morgan fingerprint density at radius 2 is 1.92 bits per heavy atom. The Hall–Kier alpha value is -2.24. The van der Waals surface area contributed by atoms with Crippen LogP contribution >= 0.6 is 0 Å². The molecule has 2 aromatic rings. The topological polar surface area (TPSA) is 31.2 Å². The molecule has 1 heterocycles. The van der Waals surface area contributed by atoms with E-state index in [-0.39, 0.29) is 13.2 Å². The quantitative estimate of drug-likeness (QED) is 0.745. The zero-order valence-electron chi connectivity index (χ0n) is 13.9. The predicted molar refractivity (Wildman–Crippen MR) is 85.0 cm³/mol. The summed E-state index contributed by atoms with van der Waals surface area (Å²) in [6.45, 7) is 6.02. The summed E-state index contributed by atoms with van der Waals surface area (Å²) in [6.07, 6.45) is -3.79. The zero-order valence-corrected chi connectivity index (χ0v) is 13.9. The molecule has 0 saturated carbocycles. The van der Waals surface area contributed by atoms with E-state index in [2.05, 4.69) is 0 Å². The van der Waals surface area contributed by atoms with Crippen LogP contribution in [0.3, 0.4) is 0 Å². The van der Waals surface area contributed by atoms with Crippen LogP contribution in [0.4, 0.5) is 13.2 Å². The molecule has 0 unspecified atom stereocenters. The average molecular weight is 339 g/mol. The predicted octanol–water partition coefficient (Wildman–Crippen LogP) is 4.60. The van der Waals surface area contributed by atoms with Gasteiger partial charge in [0.05, 0.1) is 17.7 Å². The Bertz CT molecular complexity index is 732. The zero-order chi connectivity index (χ0) is 17.9. The van der Waals surface area contributed by atoms with Crippen molar-refractivity contribution < 1.29 is 22.7 Å². The van der Waals surface area contributed by atoms with E-state index < -0.39 is 17.7 Å². The van der Waals surface area contributed by atoms with Gasteiger partial charge >= 0.3 is 12.1 Å². The fraction of sp³-hybridized carbons (Fsp3) is 0.389. The molecule has 0 aliphatic carbocycles. The van der Waals surface area contributed by atoms with E-state index >= 15 is 0 Å². The summed E-state index contributed by atoms with van der Waals surface area (Å²) < 4.78 is 45.5. The van der Waals surface area contributed by atoms with Crippen LogP contribution in [0, 0.1) is 6.92 Å². The van der Waals surface area contributed by atoms with Crippen LogP contribution in [0.15, 0.2) is 30.3 Å². The number of hydrogen-bond donors (Lipinski definition) is 0. The summed E-state index contributed by atoms with van der Waals surface area (Å²) in [4.78, 5) is 12.0. The maximum Gasteiger partial charge on any atom is 0.416 e. The second-order valence-corrected chi connectivity index (χ2v) is 5.50. The molecule has 0 atom stereocenters. The minimum absolute atomic E-state index is 0.276. The number of benzene rings is 1. The molecule has 1 aromatic heterocycles. The summed E-state index contributed by atoms with van der Waals surface area (Å²) >= 11 is 0. The van der Waals surface area contributed by atoms with Crippen molar-refractivity contribution in [3.8, 4) is 0 Å². The molecule has 0 amide bonds. The number of carbonyl (C=O) groups excluding carboxylic acids is 1. The Kier molecular flexibility index (Phi) is 5.36. The SMILES string of the molecule is CCOC(=O)c1cc(C)n(Cc2cccc(C(F)(F)F)c2)c1CC. The largest absolute Gasteiger partial charge is 0.462 e. The molecule has 0 fully saturated rings. The van der Waals surface area contributed by atoms with Crippen molar-refractivity contribution in [1.82, 2.24) is 4.57 Å². The number of esters is 1. The molecule has 1 aromatic carbocycles. The molecule has 130 valence electrons. The minimum Gasteiger partial charge on any atom is -0.462 e. The van der Waals surface area contributed by atoms with E-state index in [0.29, 0.717) is 17.5 Å². The lowest BCUT2D eigenvalue weighted by atomic mass is 10.1. The van der Waals surface area contributed by atoms with Gasteiger partial charge in [-0.15, -0.1) is 0 Å². The highest BCUT2D eigenvalue weighted by atomic mass is 19.4. The van der Waals surface area contributed by atoms with Gasteiger partial charge in [-0.3, -0.25) is 0 Å². The third kappa shape index (κ3) is 3.80. The van der Waals surface area contributed by atoms with E-state index in [1.165, 1.54) is 6.07 Å². The van der Waals surface area contributed by atoms with Crippen molar-refractivity contribution in [2.75, 3.05) is 6.61 Å². The maximum absolute atomic E-state index is 12.9. The molecule has 6 heteroatoms. The molecule has 0 radical (unpaired) electrons. The number of rotatable bonds is 5. The number of alkyl halides is 3. The summed E-state index contributed by atoms with van der Waals surface area (Å²) in [5, 5.41) is 0. The smallest absolute Gasteiger partial charge is 0.416 e. The van der Waals surface area contributed by atoms with Crippen LogP contribution in [0.5, 0.6) is 0 Å². The summed E-state index contributed by atoms with van der Waals surface area (Å²) in [7, 11) is 0. The third-order valence-electron chi connectivity index (χ3n) is 3.84. The van der Waals surface area contributed by atoms with Crippen LogP contribution in [-0.2, 0) is 23.9 Å². The number of aryl methyl sites for hydroxylation is 1. The normalized spacial score (nSPS) is 11.6. The van der Waals surface area contributed by atoms with Crippen molar-refractivity contribution >= 4 is 5.97 Å². The number of aromatic nitrogens is 1. The van der Waals surface area contributed by atoms with Crippen LogP contribution in [0.25, 0.3) is 0 Å². The van der Waals surface area contributed by atoms with E-state index in [1.807, 2.05) is 18.4 Å². The van der Waals surface area contributed by atoms with Gasteiger partial charge in [-0.25, -0.2) is 4.79 Å². The van der Waals surface area contributed by atoms with E-state index in [1.54, 1.807) is 19.1 Å². The molecule has 0 aliphatic heterocycles. The first-order valence-corrected chi connectivity index (χ1v) is 7.80. The first-order chi connectivity index (χ1) is 11.3. The summed E-state index contributed by atoms with van der Waals surface area (Å²) in [5.74, 6) is -0.403. The number of carbonyl (C=O) groups is 1. The Balaban J connectivity index is 2.38. The highest BCUT2D eigenvalue weighted by molar-refractivity contribution is 5.91. The molecule has 0 saturated heterocycles. The number of halogens is 3. The second-order valence-electron chi connectivity index (χ2n) is 5.50. The Labute approximate surface area is 139 Å². The molecular weight excluding hydrogens is 319 g/mol. The summed E-state index contributed by atoms with van der Waals surface area (Å²) in [5.41, 5.74) is 1.92. The van der Waals surface area contributed by atoms with Crippen LogP contribution in [-0.4, -0.2) is 17.1 Å². The summed E-state index contributed by atoms with van der Waals surface area (Å²) in [6, 6.07) is 6.97. The van der Waals surface area contributed by atoms with E-state index in [9.17, 15) is 18.0 Å². The third-order valence-corrected chi connectivity index (χ3v) is 3.84. The molecule has 0 aliphatic rings. The first kappa shape index (κ1) is 18.1. The number of ether oxygens (including phenoxy) is 1. The van der Waals surface area contributed by atoms with Crippen molar-refractivity contribution in [2.45, 2.75) is 39.9 Å². The molecule has 0 spiro atoms. The molecular formula is C18H20F3NO2. The monoisotopic (exact) mass is 339 g/mol. The lowest BCUT2D eigenvalue weighted by Gasteiger charge is -2.13. The van der Waals surface area contributed by atoms with Crippen molar-refractivity contribution in [3.05, 3.63) is 58.4 Å². The van der Waals surface area contributed by atoms with Gasteiger partial charge < -0.3 is 9.30 Å². The minimum atomic E-state index is -4.37. The molecule has 24 heavy (non-hydrogen) atoms. The van der Waals surface area contributed by atoms with Gasteiger partial charge in [0.1, 0.15) is 0 Å². The second kappa shape index (κ2) is 7.11. The van der Waals surface area contributed by atoms with Crippen LogP contribution in [0.1, 0.15) is 46.7 Å². The van der Waals surface area contributed by atoms with Crippen LogP contribution in [0.2, 0.25) is 0 Å². The maximum atomic E-state index is 12.9. The fourth-order valence-electron chi connectivity index (χ4n) is 2.74. The van der Waals surface area contributed by atoms with Gasteiger partial charge in [0.2, 0.25) is 0 Å². The lowest BCUT2D eigenvalue weighted by Crippen LogP contribution is -2.11. The number of nitrogens with zero attached hydrogens (tertiary/aromatic N) is 1. The van der Waals surface area contributed by atoms with Gasteiger partial charge in [-0.1, -0.05) is 19.1 Å². The lowest BCUT2D eigenvalue weighted by molar-refractivity contribution is -0.137. The molecule has 2 rings (SSSR count). The standard InChI is InChI=1S/C18H20F3NO2/c1-4-16-15(17(23)24-5-2)9-12(3)22(16)11-13-7-6-8-14(10-13)18(19,20)21/h6-10H,4-5,11H2,1-3H3. The average Bonchev–Trinajstić information content (AvgIpc) is 2.83. The van der Waals surface area contributed by atoms with Gasteiger partial charge in [0, 0.05) is 17.9 Å². The molecule has 3 nitrogen and oxygen atoms in total. The highest BCUT2D eigenvalue weighted by Gasteiger charge is 2.30. The van der Waals surface area contributed by atoms with Gasteiger partial charge in [0.25, 0.3) is 0 Å². The number of hydrogen-bond acceptors (Lipinski definition) is 2. The molecule has 0 N–H and O–H groups in total. The van der Waals surface area contributed by atoms with Gasteiger partial charge in [-0.2, -0.15) is 13.2 Å². The Morgan fingerprint density at radius 3 is 2.50 bits per heavy atom. The van der Waals surface area contributed by atoms with Crippen molar-refractivity contribution in [2.24, 2.45) is 0 Å². The fourth-order valence-corrected chi connectivity index (χ4v) is 2.74. The van der Waals surface area contributed by atoms with Gasteiger partial charge in [0.15, 0.2) is 0 Å². The van der Waals surface area contributed by atoms with E-state index in [4.69, 9.17) is 4.74 Å². The van der Waals surface area contributed by atoms with E-state index in [0.717, 1.165) is 23.5 Å². The van der Waals surface area contributed by atoms with Crippen molar-refractivity contribution in [1.29, 1.82) is 0 Å².